The van der Waals surface area contributed by atoms with Gasteiger partial charge in [0, 0.05) is 28.1 Å². The smallest absolute Gasteiger partial charge is 0.255 e. The van der Waals surface area contributed by atoms with Gasteiger partial charge in [-0.25, -0.2) is 0 Å². The molecule has 1 aromatic heterocycles. The fourth-order valence-electron chi connectivity index (χ4n) is 6.61. The van der Waals surface area contributed by atoms with Crippen LogP contribution in [0.3, 0.4) is 0 Å². The molecule has 5 nitrogen and oxygen atoms in total. The minimum atomic E-state index is -0.570. The molecule has 39 heavy (non-hydrogen) atoms. The highest BCUT2D eigenvalue weighted by atomic mass is 16.2. The van der Waals surface area contributed by atoms with Crippen molar-refractivity contribution in [2.24, 2.45) is 5.92 Å². The minimum absolute atomic E-state index is 0.000246. The number of aromatic nitrogens is 1. The first kappa shape index (κ1) is 25.4. The van der Waals surface area contributed by atoms with Crippen molar-refractivity contribution < 1.29 is 9.59 Å². The Morgan fingerprint density at radius 1 is 0.949 bits per heavy atom. The maximum absolute atomic E-state index is 14.3. The van der Waals surface area contributed by atoms with Gasteiger partial charge in [-0.05, 0) is 42.0 Å². The molecule has 1 fully saturated rings. The van der Waals surface area contributed by atoms with E-state index in [1.807, 2.05) is 53.4 Å². The van der Waals surface area contributed by atoms with Gasteiger partial charge in [0.05, 0.1) is 11.7 Å². The van der Waals surface area contributed by atoms with Crippen LogP contribution in [0.2, 0.25) is 0 Å². The molecule has 1 aliphatic heterocycles. The average molecular weight is 520 g/mol. The molecule has 1 aliphatic carbocycles. The Morgan fingerprint density at radius 3 is 2.41 bits per heavy atom. The molecule has 0 saturated heterocycles. The molecular weight excluding hydrogens is 482 g/mol. The van der Waals surface area contributed by atoms with Crippen LogP contribution < -0.4 is 5.32 Å². The lowest BCUT2D eigenvalue weighted by Crippen LogP contribution is -2.54. The Bertz CT molecular complexity index is 1480. The van der Waals surface area contributed by atoms with Crippen molar-refractivity contribution in [3.63, 3.8) is 0 Å². The van der Waals surface area contributed by atoms with Crippen LogP contribution in [-0.4, -0.2) is 33.8 Å². The number of nitrogens with one attached hydrogen (secondary N) is 2. The molecule has 200 valence electrons. The molecule has 3 atom stereocenters. The first-order chi connectivity index (χ1) is 19.1. The van der Waals surface area contributed by atoms with E-state index in [-0.39, 0.29) is 29.8 Å². The summed E-state index contributed by atoms with van der Waals surface area (Å²) in [4.78, 5) is 34.0. The minimum Gasteiger partial charge on any atom is -0.354 e. The molecule has 6 rings (SSSR count). The summed E-state index contributed by atoms with van der Waals surface area (Å²) in [6, 6.07) is 25.7. The molecule has 0 spiro atoms. The number of fused-ring (bicyclic) bond motifs is 2. The van der Waals surface area contributed by atoms with Crippen molar-refractivity contribution >= 4 is 22.7 Å². The fraction of sp³-hybridized carbons (Fsp3) is 0.353. The fourth-order valence-corrected chi connectivity index (χ4v) is 6.61. The summed E-state index contributed by atoms with van der Waals surface area (Å²) in [5.41, 5.74) is 5.77. The van der Waals surface area contributed by atoms with Gasteiger partial charge >= 0.3 is 0 Å². The Labute approximate surface area is 230 Å². The van der Waals surface area contributed by atoms with Gasteiger partial charge < -0.3 is 15.2 Å². The molecule has 2 aliphatic rings. The second-order valence-corrected chi connectivity index (χ2v) is 11.2. The van der Waals surface area contributed by atoms with E-state index in [1.165, 1.54) is 6.42 Å². The maximum atomic E-state index is 14.3. The number of rotatable bonds is 7. The van der Waals surface area contributed by atoms with Crippen LogP contribution in [0.4, 0.5) is 0 Å². The molecule has 3 unspecified atom stereocenters. The van der Waals surface area contributed by atoms with E-state index >= 15 is 0 Å². The van der Waals surface area contributed by atoms with E-state index < -0.39 is 6.04 Å². The topological polar surface area (TPSA) is 65.2 Å². The van der Waals surface area contributed by atoms with Gasteiger partial charge in [0.15, 0.2) is 0 Å². The highest BCUT2D eigenvalue weighted by molar-refractivity contribution is 6.04. The van der Waals surface area contributed by atoms with Crippen LogP contribution in [0, 0.1) is 5.92 Å². The third-order valence-corrected chi connectivity index (χ3v) is 8.78. The van der Waals surface area contributed by atoms with E-state index in [0.29, 0.717) is 5.56 Å². The van der Waals surface area contributed by atoms with Gasteiger partial charge in [-0.2, -0.15) is 0 Å². The van der Waals surface area contributed by atoms with E-state index in [9.17, 15) is 9.59 Å². The number of hydrogen-bond acceptors (Lipinski definition) is 2. The molecule has 0 bridgehead atoms. The predicted octanol–water partition coefficient (Wildman–Crippen LogP) is 7.24. The molecule has 1 saturated carbocycles. The predicted molar refractivity (Wildman–Crippen MR) is 156 cm³/mol. The zero-order chi connectivity index (χ0) is 26.9. The monoisotopic (exact) mass is 519 g/mol. The number of nitrogens with zero attached hydrogens (tertiary/aromatic N) is 1. The van der Waals surface area contributed by atoms with Crippen molar-refractivity contribution in [1.82, 2.24) is 15.2 Å². The Hall–Kier alpha value is -3.86. The van der Waals surface area contributed by atoms with Gasteiger partial charge in [-0.1, -0.05) is 106 Å². The molecule has 3 aromatic carbocycles. The van der Waals surface area contributed by atoms with Crippen molar-refractivity contribution in [1.29, 1.82) is 0 Å². The molecular formula is C34H37N3O2. The van der Waals surface area contributed by atoms with Crippen LogP contribution in [0.5, 0.6) is 0 Å². The molecule has 2 heterocycles. The van der Waals surface area contributed by atoms with Crippen LogP contribution in [0.15, 0.2) is 78.9 Å². The lowest BCUT2D eigenvalue weighted by Gasteiger charge is -2.37. The summed E-state index contributed by atoms with van der Waals surface area (Å²) >= 11 is 0. The molecule has 2 amide bonds. The lowest BCUT2D eigenvalue weighted by molar-refractivity contribution is -0.128. The Morgan fingerprint density at radius 2 is 1.64 bits per heavy atom. The van der Waals surface area contributed by atoms with Gasteiger partial charge in [0.1, 0.15) is 6.04 Å². The summed E-state index contributed by atoms with van der Waals surface area (Å²) in [5.74, 6) is -0.0905. The zero-order valence-electron chi connectivity index (χ0n) is 22.8. The number of carbonyl (C=O) groups is 2. The lowest BCUT2D eigenvalue weighted by atomic mass is 9.89. The van der Waals surface area contributed by atoms with Gasteiger partial charge in [-0.15, -0.1) is 0 Å². The Kier molecular flexibility index (Phi) is 6.99. The van der Waals surface area contributed by atoms with Crippen molar-refractivity contribution in [2.75, 3.05) is 0 Å². The number of amides is 2. The van der Waals surface area contributed by atoms with Gasteiger partial charge in [0.2, 0.25) is 5.91 Å². The number of aromatic amines is 1. The van der Waals surface area contributed by atoms with Crippen LogP contribution in [-0.2, 0) is 4.79 Å². The number of hydrogen-bond donors (Lipinski definition) is 2. The quantitative estimate of drug-likeness (QED) is 0.270. The van der Waals surface area contributed by atoms with Crippen LogP contribution in [0.1, 0.15) is 79.9 Å². The van der Waals surface area contributed by atoms with E-state index in [1.54, 1.807) is 0 Å². The van der Waals surface area contributed by atoms with Crippen molar-refractivity contribution in [2.45, 2.75) is 70.5 Å². The Balaban J connectivity index is 1.53. The molecule has 0 radical (unpaired) electrons. The highest BCUT2D eigenvalue weighted by Crippen LogP contribution is 2.47. The standard InChI is InChI=1S/C34H37N3O2/c1-3-22(2)31(33(38)35-24-16-8-5-9-17-24)37-32(25-18-10-11-19-26(25)34(37)39)29-27-20-12-13-21-28(27)36-30(29)23-14-6-4-7-15-23/h4,6-7,10-15,18-22,24,31-32,36H,3,5,8-9,16-17H2,1-2H3,(H,35,38). The zero-order valence-corrected chi connectivity index (χ0v) is 22.8. The SMILES string of the molecule is CCC(C)C(C(=O)NC1CCCCC1)N1C(=O)c2ccccc2C1c1c(-c2ccccc2)[nH]c2ccccc12. The summed E-state index contributed by atoms with van der Waals surface area (Å²) in [6.45, 7) is 4.21. The van der Waals surface area contributed by atoms with E-state index in [2.05, 4.69) is 54.5 Å². The summed E-state index contributed by atoms with van der Waals surface area (Å²) in [5, 5.41) is 4.44. The first-order valence-electron chi connectivity index (χ1n) is 14.5. The number of carbonyl (C=O) groups excluding carboxylic acids is 2. The first-order valence-corrected chi connectivity index (χ1v) is 14.5. The van der Waals surface area contributed by atoms with E-state index in [0.717, 1.165) is 65.4 Å². The highest BCUT2D eigenvalue weighted by Gasteiger charge is 2.47. The van der Waals surface area contributed by atoms with Crippen LogP contribution in [0.25, 0.3) is 22.2 Å². The molecule has 4 aromatic rings. The summed E-state index contributed by atoms with van der Waals surface area (Å²) < 4.78 is 0. The second-order valence-electron chi connectivity index (χ2n) is 11.2. The number of para-hydroxylation sites is 1. The van der Waals surface area contributed by atoms with E-state index in [4.69, 9.17) is 0 Å². The second kappa shape index (κ2) is 10.7. The van der Waals surface area contributed by atoms with Gasteiger partial charge in [0.25, 0.3) is 5.91 Å². The van der Waals surface area contributed by atoms with Crippen molar-refractivity contribution in [3.05, 3.63) is 95.6 Å². The molecule has 2 N–H and O–H groups in total. The third kappa shape index (κ3) is 4.54. The summed E-state index contributed by atoms with van der Waals surface area (Å²) in [7, 11) is 0. The normalized spacial score (nSPS) is 19.2. The molecule has 5 heteroatoms. The maximum Gasteiger partial charge on any atom is 0.255 e. The third-order valence-electron chi connectivity index (χ3n) is 8.78. The number of benzene rings is 3. The van der Waals surface area contributed by atoms with Gasteiger partial charge in [-0.3, -0.25) is 9.59 Å². The van der Waals surface area contributed by atoms with Crippen LogP contribution >= 0.6 is 0 Å². The number of H-pyrrole nitrogens is 1. The largest absolute Gasteiger partial charge is 0.354 e. The summed E-state index contributed by atoms with van der Waals surface area (Å²) in [6.07, 6.45) is 6.34. The van der Waals surface area contributed by atoms with Crippen molar-refractivity contribution in [3.8, 4) is 11.3 Å². The average Bonchev–Trinajstić information content (AvgIpc) is 3.49.